The fourth-order valence-corrected chi connectivity index (χ4v) is 2.36. The van der Waals surface area contributed by atoms with E-state index in [1.807, 2.05) is 0 Å². The largest absolute Gasteiger partial charge is 0.508 e. The first-order valence-corrected chi connectivity index (χ1v) is 6.69. The van der Waals surface area contributed by atoms with E-state index in [1.165, 1.54) is 4.90 Å². The number of carbonyl (C=O) groups is 1. The Labute approximate surface area is 118 Å². The van der Waals surface area contributed by atoms with Gasteiger partial charge in [0.15, 0.2) is 0 Å². The molecule has 0 bridgehead atoms. The Morgan fingerprint density at radius 1 is 1.45 bits per heavy atom. The van der Waals surface area contributed by atoms with Crippen LogP contribution in [0.3, 0.4) is 0 Å². The molecule has 1 aromatic carbocycles. The third-order valence-corrected chi connectivity index (χ3v) is 3.13. The Morgan fingerprint density at radius 3 is 2.75 bits per heavy atom. The van der Waals surface area contributed by atoms with Crippen LogP contribution in [0.15, 0.2) is 24.3 Å². The molecule has 110 valence electrons. The molecule has 1 aromatic rings. The molecule has 1 aliphatic rings. The number of aromatic hydroxyl groups is 1. The van der Waals surface area contributed by atoms with Gasteiger partial charge in [0.05, 0.1) is 12.6 Å². The Kier molecular flexibility index (Phi) is 3.88. The van der Waals surface area contributed by atoms with Crippen molar-refractivity contribution in [3.8, 4) is 5.75 Å². The average Bonchev–Trinajstić information content (AvgIpc) is 2.69. The zero-order valence-corrected chi connectivity index (χ0v) is 12.0. The molecule has 1 amide bonds. The quantitative estimate of drug-likeness (QED) is 0.858. The summed E-state index contributed by atoms with van der Waals surface area (Å²) in [6.07, 6.45) is -1.37. The normalized spacial score (nSPS) is 22.9. The molecule has 5 heteroatoms. The van der Waals surface area contributed by atoms with E-state index < -0.39 is 23.9 Å². The van der Waals surface area contributed by atoms with Crippen molar-refractivity contribution in [1.82, 2.24) is 4.90 Å². The number of rotatable bonds is 1. The second kappa shape index (κ2) is 5.31. The first kappa shape index (κ1) is 14.6. The van der Waals surface area contributed by atoms with Crippen LogP contribution in [0, 0.1) is 0 Å². The maximum absolute atomic E-state index is 13.7. The van der Waals surface area contributed by atoms with E-state index in [2.05, 4.69) is 0 Å². The first-order valence-electron chi connectivity index (χ1n) is 6.69. The topological polar surface area (TPSA) is 49.8 Å². The lowest BCUT2D eigenvalue weighted by molar-refractivity contribution is 0.0216. The van der Waals surface area contributed by atoms with Crippen LogP contribution in [0.5, 0.6) is 5.75 Å². The average molecular weight is 281 g/mol. The van der Waals surface area contributed by atoms with Gasteiger partial charge in [-0.2, -0.15) is 0 Å². The lowest BCUT2D eigenvalue weighted by Gasteiger charge is -2.28. The van der Waals surface area contributed by atoms with E-state index in [1.54, 1.807) is 45.0 Å². The van der Waals surface area contributed by atoms with Crippen molar-refractivity contribution in [3.63, 3.8) is 0 Å². The molecule has 1 fully saturated rings. The van der Waals surface area contributed by atoms with E-state index in [4.69, 9.17) is 4.74 Å². The number of carbonyl (C=O) groups excluding carboxylic acids is 1. The number of halogens is 1. The van der Waals surface area contributed by atoms with E-state index in [9.17, 15) is 14.3 Å². The molecule has 1 N–H and O–H groups in total. The Morgan fingerprint density at radius 2 is 2.15 bits per heavy atom. The van der Waals surface area contributed by atoms with Gasteiger partial charge < -0.3 is 9.84 Å². The Hall–Kier alpha value is -1.78. The highest BCUT2D eigenvalue weighted by molar-refractivity contribution is 5.69. The number of phenols is 1. The molecule has 1 saturated heterocycles. The van der Waals surface area contributed by atoms with E-state index in [0.717, 1.165) is 5.56 Å². The molecule has 4 nitrogen and oxygen atoms in total. The molecule has 1 heterocycles. The number of hydrogen-bond donors (Lipinski definition) is 1. The summed E-state index contributed by atoms with van der Waals surface area (Å²) in [5.41, 5.74) is 0.102. The van der Waals surface area contributed by atoms with Crippen LogP contribution in [-0.2, 0) is 4.74 Å². The van der Waals surface area contributed by atoms with Crippen molar-refractivity contribution in [2.75, 3.05) is 6.54 Å². The highest BCUT2D eigenvalue weighted by Gasteiger charge is 2.38. The minimum absolute atomic E-state index is 0.0231. The molecule has 2 unspecified atom stereocenters. The molecule has 0 radical (unpaired) electrons. The zero-order chi connectivity index (χ0) is 14.9. The molecule has 0 aromatic heterocycles. The number of benzene rings is 1. The fourth-order valence-electron chi connectivity index (χ4n) is 2.36. The van der Waals surface area contributed by atoms with Gasteiger partial charge in [0.25, 0.3) is 0 Å². The summed E-state index contributed by atoms with van der Waals surface area (Å²) in [5, 5.41) is 9.52. The number of amides is 1. The minimum Gasteiger partial charge on any atom is -0.508 e. The summed E-state index contributed by atoms with van der Waals surface area (Å²) in [7, 11) is 0. The van der Waals surface area contributed by atoms with Crippen LogP contribution in [-0.4, -0.2) is 34.4 Å². The summed E-state index contributed by atoms with van der Waals surface area (Å²) >= 11 is 0. The number of hydrogen-bond acceptors (Lipinski definition) is 3. The van der Waals surface area contributed by atoms with Gasteiger partial charge in [0.1, 0.15) is 17.5 Å². The van der Waals surface area contributed by atoms with Gasteiger partial charge in [0, 0.05) is 6.42 Å². The van der Waals surface area contributed by atoms with Crippen LogP contribution in [0.1, 0.15) is 38.8 Å². The minimum atomic E-state index is -1.07. The highest BCUT2D eigenvalue weighted by Crippen LogP contribution is 2.35. The molecule has 1 aliphatic heterocycles. The summed E-state index contributed by atoms with van der Waals surface area (Å²) in [6, 6.07) is 6.17. The summed E-state index contributed by atoms with van der Waals surface area (Å²) in [4.78, 5) is 13.5. The molecular formula is C15H20FNO3. The number of alkyl halides is 1. The van der Waals surface area contributed by atoms with Gasteiger partial charge >= 0.3 is 6.09 Å². The van der Waals surface area contributed by atoms with Crippen LogP contribution in [0.4, 0.5) is 9.18 Å². The van der Waals surface area contributed by atoms with E-state index >= 15 is 0 Å². The van der Waals surface area contributed by atoms with Crippen molar-refractivity contribution in [2.45, 2.75) is 45.0 Å². The monoisotopic (exact) mass is 281 g/mol. The van der Waals surface area contributed by atoms with E-state index in [0.29, 0.717) is 0 Å². The molecule has 0 aliphatic carbocycles. The number of ether oxygens (including phenoxy) is 1. The summed E-state index contributed by atoms with van der Waals surface area (Å²) < 4.78 is 19.0. The van der Waals surface area contributed by atoms with Gasteiger partial charge in [0.2, 0.25) is 0 Å². The van der Waals surface area contributed by atoms with Crippen molar-refractivity contribution in [2.24, 2.45) is 0 Å². The fraction of sp³-hybridized carbons (Fsp3) is 0.533. The van der Waals surface area contributed by atoms with Gasteiger partial charge in [-0.05, 0) is 38.5 Å². The van der Waals surface area contributed by atoms with Crippen LogP contribution < -0.4 is 0 Å². The van der Waals surface area contributed by atoms with Crippen LogP contribution in [0.25, 0.3) is 0 Å². The third-order valence-electron chi connectivity index (χ3n) is 3.13. The van der Waals surface area contributed by atoms with Gasteiger partial charge in [-0.25, -0.2) is 9.18 Å². The van der Waals surface area contributed by atoms with Gasteiger partial charge in [-0.15, -0.1) is 0 Å². The second-order valence-corrected chi connectivity index (χ2v) is 6.08. The molecule has 0 spiro atoms. The maximum atomic E-state index is 13.7. The predicted octanol–water partition coefficient (Wildman–Crippen LogP) is 3.41. The Bertz CT molecular complexity index is 498. The van der Waals surface area contributed by atoms with E-state index in [-0.39, 0.29) is 18.7 Å². The van der Waals surface area contributed by atoms with Crippen molar-refractivity contribution in [1.29, 1.82) is 0 Å². The number of nitrogens with zero attached hydrogens (tertiary/aromatic N) is 1. The lowest BCUT2D eigenvalue weighted by atomic mass is 10.0. The molecule has 2 atom stereocenters. The number of phenolic OH excluding ortho intramolecular Hbond substituents is 1. The standard InChI is InChI=1S/C15H20FNO3/c1-15(2,3)20-14(19)17-9-11(16)8-13(17)10-5-4-6-12(18)7-10/h4-7,11,13,18H,8-9H2,1-3H3. The van der Waals surface area contributed by atoms with Crippen LogP contribution >= 0.6 is 0 Å². The predicted molar refractivity (Wildman–Crippen MR) is 73.3 cm³/mol. The van der Waals surface area contributed by atoms with Gasteiger partial charge in [-0.1, -0.05) is 12.1 Å². The summed E-state index contributed by atoms with van der Waals surface area (Å²) in [6.45, 7) is 5.35. The Balaban J connectivity index is 2.21. The van der Waals surface area contributed by atoms with Crippen LogP contribution in [0.2, 0.25) is 0 Å². The summed E-state index contributed by atoms with van der Waals surface area (Å²) in [5.74, 6) is 0.106. The molecule has 20 heavy (non-hydrogen) atoms. The highest BCUT2D eigenvalue weighted by atomic mass is 19.1. The SMILES string of the molecule is CC(C)(C)OC(=O)N1CC(F)CC1c1cccc(O)c1. The van der Waals surface area contributed by atoms with Gasteiger partial charge in [-0.3, -0.25) is 4.90 Å². The first-order chi connectivity index (χ1) is 9.26. The van der Waals surface area contributed by atoms with Crippen molar-refractivity contribution in [3.05, 3.63) is 29.8 Å². The zero-order valence-electron chi connectivity index (χ0n) is 12.0. The van der Waals surface area contributed by atoms with Crippen molar-refractivity contribution >= 4 is 6.09 Å². The molecule has 2 rings (SSSR count). The number of likely N-dealkylation sites (tertiary alicyclic amines) is 1. The maximum Gasteiger partial charge on any atom is 0.410 e. The lowest BCUT2D eigenvalue weighted by Crippen LogP contribution is -2.36. The second-order valence-electron chi connectivity index (χ2n) is 6.08. The molecule has 0 saturated carbocycles. The molecular weight excluding hydrogens is 261 g/mol. The smallest absolute Gasteiger partial charge is 0.410 e. The van der Waals surface area contributed by atoms with Crippen molar-refractivity contribution < 1.29 is 19.0 Å². The third kappa shape index (κ3) is 3.40.